The molecule has 4 rings (SSSR count). The molecule has 0 fully saturated rings. The molecule has 0 N–H and O–H groups in total. The summed E-state index contributed by atoms with van der Waals surface area (Å²) in [5, 5.41) is 11.0. The van der Waals surface area contributed by atoms with Gasteiger partial charge in [0.1, 0.15) is 18.1 Å². The van der Waals surface area contributed by atoms with Gasteiger partial charge in [-0.1, -0.05) is 35.9 Å². The van der Waals surface area contributed by atoms with Crippen molar-refractivity contribution < 1.29 is 19.2 Å². The molecule has 0 saturated heterocycles. The first kappa shape index (κ1) is 20.3. The van der Waals surface area contributed by atoms with Gasteiger partial charge in [-0.15, -0.1) is 0 Å². The maximum absolute atomic E-state index is 12.8. The van der Waals surface area contributed by atoms with Crippen molar-refractivity contribution >= 4 is 17.5 Å². The van der Waals surface area contributed by atoms with E-state index in [4.69, 9.17) is 9.47 Å². The second-order valence-electron chi connectivity index (χ2n) is 7.58. The summed E-state index contributed by atoms with van der Waals surface area (Å²) >= 11 is 0. The standard InChI is InChI=1S/C25H21NO5/c1-15-7-8-16(2)19(11-15)14-30-22-10-9-21-24(27)23(31-25(21)17(22)3)13-18-5-4-6-20(12-18)26(28)29/h4-13H,14H2,1-3H3/b23-13-. The molecule has 0 amide bonds. The monoisotopic (exact) mass is 415 g/mol. The summed E-state index contributed by atoms with van der Waals surface area (Å²) in [6, 6.07) is 15.7. The first-order chi connectivity index (χ1) is 14.8. The van der Waals surface area contributed by atoms with E-state index in [1.807, 2.05) is 20.8 Å². The number of nitro benzene ring substituents is 1. The topological polar surface area (TPSA) is 78.7 Å². The van der Waals surface area contributed by atoms with Gasteiger partial charge in [0.25, 0.3) is 5.69 Å². The predicted octanol–water partition coefficient (Wildman–Crippen LogP) is 5.72. The largest absolute Gasteiger partial charge is 0.488 e. The number of ether oxygens (including phenoxy) is 2. The van der Waals surface area contributed by atoms with E-state index in [1.165, 1.54) is 23.8 Å². The van der Waals surface area contributed by atoms with Crippen LogP contribution in [0.3, 0.4) is 0 Å². The minimum Gasteiger partial charge on any atom is -0.488 e. The lowest BCUT2D eigenvalue weighted by Gasteiger charge is -2.13. The molecule has 156 valence electrons. The SMILES string of the molecule is Cc1ccc(C)c(COc2ccc3c(c2C)O/C(=C\c2cccc([N+](=O)[O-])c2)C3=O)c1. The number of carbonyl (C=O) groups excluding carboxylic acids is 1. The number of nitrogens with zero attached hydrogens (tertiary/aromatic N) is 1. The quantitative estimate of drug-likeness (QED) is 0.303. The molecule has 0 bridgehead atoms. The van der Waals surface area contributed by atoms with E-state index in [-0.39, 0.29) is 17.2 Å². The molecule has 31 heavy (non-hydrogen) atoms. The van der Waals surface area contributed by atoms with E-state index in [0.717, 1.165) is 16.7 Å². The van der Waals surface area contributed by atoms with Crippen molar-refractivity contribution in [3.05, 3.63) is 104 Å². The van der Waals surface area contributed by atoms with Crippen molar-refractivity contribution in [2.45, 2.75) is 27.4 Å². The Morgan fingerprint density at radius 2 is 1.87 bits per heavy atom. The third kappa shape index (κ3) is 4.05. The molecule has 0 aromatic heterocycles. The Kier molecular flexibility index (Phi) is 5.29. The van der Waals surface area contributed by atoms with E-state index in [1.54, 1.807) is 24.3 Å². The van der Waals surface area contributed by atoms with Crippen LogP contribution < -0.4 is 9.47 Å². The van der Waals surface area contributed by atoms with Gasteiger partial charge >= 0.3 is 0 Å². The second-order valence-corrected chi connectivity index (χ2v) is 7.58. The Morgan fingerprint density at radius 1 is 1.06 bits per heavy atom. The molecular formula is C25H21NO5. The average Bonchev–Trinajstić information content (AvgIpc) is 3.06. The fourth-order valence-electron chi connectivity index (χ4n) is 3.52. The number of ketones is 1. The smallest absolute Gasteiger partial charge is 0.270 e. The van der Waals surface area contributed by atoms with Gasteiger partial charge in [0.05, 0.1) is 10.5 Å². The Bertz CT molecular complexity index is 1240. The normalized spacial score (nSPS) is 13.8. The molecule has 1 aliphatic heterocycles. The highest BCUT2D eigenvalue weighted by Gasteiger charge is 2.30. The highest BCUT2D eigenvalue weighted by molar-refractivity contribution is 6.15. The van der Waals surface area contributed by atoms with Gasteiger partial charge in [-0.3, -0.25) is 14.9 Å². The van der Waals surface area contributed by atoms with Crippen molar-refractivity contribution in [1.82, 2.24) is 0 Å². The molecule has 0 unspecified atom stereocenters. The summed E-state index contributed by atoms with van der Waals surface area (Å²) < 4.78 is 11.9. The van der Waals surface area contributed by atoms with Crippen LogP contribution in [0, 0.1) is 30.9 Å². The number of nitro groups is 1. The van der Waals surface area contributed by atoms with E-state index >= 15 is 0 Å². The molecule has 6 nitrogen and oxygen atoms in total. The number of Topliss-reactive ketones (excluding diaryl/α,β-unsaturated/α-hetero) is 1. The van der Waals surface area contributed by atoms with Crippen LogP contribution in [0.5, 0.6) is 11.5 Å². The zero-order valence-electron chi connectivity index (χ0n) is 17.5. The number of non-ortho nitro benzene ring substituents is 1. The first-order valence-corrected chi connectivity index (χ1v) is 9.84. The summed E-state index contributed by atoms with van der Waals surface area (Å²) in [5.74, 6) is 0.972. The van der Waals surface area contributed by atoms with Gasteiger partial charge in [0, 0.05) is 17.7 Å². The molecule has 3 aromatic carbocycles. The van der Waals surface area contributed by atoms with Crippen LogP contribution >= 0.6 is 0 Å². The summed E-state index contributed by atoms with van der Waals surface area (Å²) in [5.41, 5.74) is 5.08. The van der Waals surface area contributed by atoms with Gasteiger partial charge in [0.15, 0.2) is 5.76 Å². The minimum atomic E-state index is -0.474. The fourth-order valence-corrected chi connectivity index (χ4v) is 3.52. The molecule has 0 radical (unpaired) electrons. The number of carbonyl (C=O) groups is 1. The van der Waals surface area contributed by atoms with Crippen molar-refractivity contribution in [3.8, 4) is 11.5 Å². The summed E-state index contributed by atoms with van der Waals surface area (Å²) in [6.07, 6.45) is 1.52. The third-order valence-electron chi connectivity index (χ3n) is 5.30. The van der Waals surface area contributed by atoms with Crippen molar-refractivity contribution in [2.24, 2.45) is 0 Å². The first-order valence-electron chi connectivity index (χ1n) is 9.84. The van der Waals surface area contributed by atoms with Crippen LogP contribution in [0.1, 0.15) is 38.2 Å². The number of rotatable bonds is 5. The van der Waals surface area contributed by atoms with E-state index in [9.17, 15) is 14.9 Å². The van der Waals surface area contributed by atoms with Crippen LogP contribution in [0.4, 0.5) is 5.69 Å². The molecule has 0 spiro atoms. The maximum Gasteiger partial charge on any atom is 0.270 e. The number of hydrogen-bond donors (Lipinski definition) is 0. The van der Waals surface area contributed by atoms with Crippen molar-refractivity contribution in [3.63, 3.8) is 0 Å². The average molecular weight is 415 g/mol. The van der Waals surface area contributed by atoms with Crippen LogP contribution in [0.15, 0.2) is 60.4 Å². The second kappa shape index (κ2) is 8.07. The summed E-state index contributed by atoms with van der Waals surface area (Å²) in [6.45, 7) is 6.34. The lowest BCUT2D eigenvalue weighted by atomic mass is 10.0. The number of fused-ring (bicyclic) bond motifs is 1. The van der Waals surface area contributed by atoms with Crippen LogP contribution in [0.2, 0.25) is 0 Å². The molecule has 3 aromatic rings. The van der Waals surface area contributed by atoms with Crippen molar-refractivity contribution in [1.29, 1.82) is 0 Å². The molecule has 0 saturated carbocycles. The maximum atomic E-state index is 12.8. The number of allylic oxidation sites excluding steroid dienone is 1. The molecule has 0 atom stereocenters. The van der Waals surface area contributed by atoms with Gasteiger partial charge in [-0.05, 0) is 55.7 Å². The zero-order chi connectivity index (χ0) is 22.1. The molecular weight excluding hydrogens is 394 g/mol. The van der Waals surface area contributed by atoms with Crippen LogP contribution in [-0.2, 0) is 6.61 Å². The molecule has 6 heteroatoms. The summed E-state index contributed by atoms with van der Waals surface area (Å²) in [4.78, 5) is 23.3. The lowest BCUT2D eigenvalue weighted by molar-refractivity contribution is -0.384. The highest BCUT2D eigenvalue weighted by atomic mass is 16.6. The minimum absolute atomic E-state index is 0.0457. The predicted molar refractivity (Wildman–Crippen MR) is 117 cm³/mol. The lowest BCUT2D eigenvalue weighted by Crippen LogP contribution is -2.00. The van der Waals surface area contributed by atoms with E-state index in [2.05, 4.69) is 18.2 Å². The van der Waals surface area contributed by atoms with Gasteiger partial charge < -0.3 is 9.47 Å². The van der Waals surface area contributed by atoms with Crippen LogP contribution in [-0.4, -0.2) is 10.7 Å². The van der Waals surface area contributed by atoms with Gasteiger partial charge in [-0.2, -0.15) is 0 Å². The Balaban J connectivity index is 1.59. The van der Waals surface area contributed by atoms with E-state index < -0.39 is 4.92 Å². The van der Waals surface area contributed by atoms with Crippen molar-refractivity contribution in [2.75, 3.05) is 0 Å². The summed E-state index contributed by atoms with van der Waals surface area (Å²) in [7, 11) is 0. The Hall–Kier alpha value is -3.93. The third-order valence-corrected chi connectivity index (χ3v) is 5.30. The number of aryl methyl sites for hydroxylation is 2. The number of hydrogen-bond acceptors (Lipinski definition) is 5. The Labute approximate surface area is 179 Å². The van der Waals surface area contributed by atoms with Gasteiger partial charge in [0.2, 0.25) is 5.78 Å². The fraction of sp³-hybridized carbons (Fsp3) is 0.160. The Morgan fingerprint density at radius 3 is 2.65 bits per heavy atom. The van der Waals surface area contributed by atoms with Gasteiger partial charge in [-0.25, -0.2) is 0 Å². The highest BCUT2D eigenvalue weighted by Crippen LogP contribution is 2.39. The molecule has 0 aliphatic carbocycles. The van der Waals surface area contributed by atoms with Crippen LogP contribution in [0.25, 0.3) is 6.08 Å². The number of benzene rings is 3. The molecule has 1 aliphatic rings. The van der Waals surface area contributed by atoms with E-state index in [0.29, 0.717) is 29.2 Å². The zero-order valence-corrected chi connectivity index (χ0v) is 17.5. The molecule has 1 heterocycles.